The van der Waals surface area contributed by atoms with Crippen LogP contribution in [0.25, 0.3) is 0 Å². The Hall–Kier alpha value is -0.570. The van der Waals surface area contributed by atoms with E-state index in [1.54, 1.807) is 0 Å². The van der Waals surface area contributed by atoms with E-state index in [1.807, 2.05) is 0 Å². The lowest BCUT2D eigenvalue weighted by Crippen LogP contribution is -2.43. The second-order valence-electron chi connectivity index (χ2n) is 4.85. The molecule has 0 aromatic heterocycles. The molecule has 0 aromatic carbocycles. The van der Waals surface area contributed by atoms with E-state index in [4.69, 9.17) is 5.73 Å². The Morgan fingerprint density at radius 2 is 2.07 bits per heavy atom. The second-order valence-corrected chi connectivity index (χ2v) is 4.85. The number of carbonyl (C=O) groups is 1. The first-order chi connectivity index (χ1) is 7.11. The number of rotatable bonds is 6. The molecule has 0 spiro atoms. The third kappa shape index (κ3) is 3.20. The van der Waals surface area contributed by atoms with Gasteiger partial charge in [0.2, 0.25) is 5.91 Å². The van der Waals surface area contributed by atoms with Gasteiger partial charge in [0.05, 0.1) is 5.92 Å². The van der Waals surface area contributed by atoms with Gasteiger partial charge >= 0.3 is 0 Å². The van der Waals surface area contributed by atoms with Gasteiger partial charge in [-0.25, -0.2) is 0 Å². The fourth-order valence-corrected chi connectivity index (χ4v) is 1.97. The normalized spacial score (nSPS) is 17.9. The molecule has 3 nitrogen and oxygen atoms in total. The van der Waals surface area contributed by atoms with Gasteiger partial charge in [0, 0.05) is 19.1 Å². The maximum Gasteiger partial charge on any atom is 0.227 e. The molecule has 3 heteroatoms. The molecule has 15 heavy (non-hydrogen) atoms. The zero-order valence-corrected chi connectivity index (χ0v) is 10.2. The van der Waals surface area contributed by atoms with Gasteiger partial charge in [-0.3, -0.25) is 4.79 Å². The second kappa shape index (κ2) is 5.50. The summed E-state index contributed by atoms with van der Waals surface area (Å²) >= 11 is 0. The van der Waals surface area contributed by atoms with Crippen LogP contribution in [0.15, 0.2) is 0 Å². The highest BCUT2D eigenvalue weighted by Crippen LogP contribution is 2.29. The Morgan fingerprint density at radius 1 is 1.47 bits per heavy atom. The summed E-state index contributed by atoms with van der Waals surface area (Å²) in [7, 11) is 0. The minimum atomic E-state index is 0.0112. The number of hydrogen-bond acceptors (Lipinski definition) is 2. The number of nitrogens with zero attached hydrogens (tertiary/aromatic N) is 1. The molecule has 0 heterocycles. The fraction of sp³-hybridized carbons (Fsp3) is 0.917. The zero-order chi connectivity index (χ0) is 11.4. The topological polar surface area (TPSA) is 46.3 Å². The predicted molar refractivity (Wildman–Crippen MR) is 62.4 cm³/mol. The van der Waals surface area contributed by atoms with E-state index in [1.165, 1.54) is 12.8 Å². The van der Waals surface area contributed by atoms with Crippen LogP contribution in [-0.4, -0.2) is 29.9 Å². The van der Waals surface area contributed by atoms with Crippen molar-refractivity contribution in [2.75, 3.05) is 13.1 Å². The van der Waals surface area contributed by atoms with Crippen LogP contribution in [0.5, 0.6) is 0 Å². The van der Waals surface area contributed by atoms with Crippen molar-refractivity contribution in [3.8, 4) is 0 Å². The van der Waals surface area contributed by atoms with E-state index < -0.39 is 0 Å². The van der Waals surface area contributed by atoms with Crippen LogP contribution >= 0.6 is 0 Å². The third-order valence-electron chi connectivity index (χ3n) is 3.11. The smallest absolute Gasteiger partial charge is 0.227 e. The number of amides is 1. The Morgan fingerprint density at radius 3 is 2.40 bits per heavy atom. The summed E-state index contributed by atoms with van der Waals surface area (Å²) in [6, 6.07) is 0.519. The van der Waals surface area contributed by atoms with Gasteiger partial charge < -0.3 is 10.6 Å². The van der Waals surface area contributed by atoms with Gasteiger partial charge in [0.15, 0.2) is 0 Å². The number of carbonyl (C=O) groups excluding carboxylic acids is 1. The minimum Gasteiger partial charge on any atom is -0.339 e. The maximum absolute atomic E-state index is 12.2. The highest BCUT2D eigenvalue weighted by Gasteiger charge is 2.35. The average molecular weight is 212 g/mol. The van der Waals surface area contributed by atoms with Crippen molar-refractivity contribution in [3.05, 3.63) is 0 Å². The molecule has 2 N–H and O–H groups in total. The highest BCUT2D eigenvalue weighted by atomic mass is 16.2. The molecule has 88 valence electrons. The van der Waals surface area contributed by atoms with Crippen LogP contribution in [0.2, 0.25) is 0 Å². The Kier molecular flexibility index (Phi) is 4.58. The van der Waals surface area contributed by atoms with E-state index in [0.717, 1.165) is 13.0 Å². The van der Waals surface area contributed by atoms with E-state index >= 15 is 0 Å². The molecule has 1 amide bonds. The molecular weight excluding hydrogens is 188 g/mol. The Labute approximate surface area is 93.0 Å². The average Bonchev–Trinajstić information content (AvgIpc) is 2.97. The first-order valence-corrected chi connectivity index (χ1v) is 6.12. The third-order valence-corrected chi connectivity index (χ3v) is 3.11. The highest BCUT2D eigenvalue weighted by molar-refractivity contribution is 5.80. The van der Waals surface area contributed by atoms with Gasteiger partial charge in [-0.05, 0) is 25.2 Å². The SMILES string of the molecule is CCCN(C(=O)C(CN)C(C)C)C1CC1. The van der Waals surface area contributed by atoms with E-state index in [-0.39, 0.29) is 11.8 Å². The van der Waals surface area contributed by atoms with Gasteiger partial charge in [0.25, 0.3) is 0 Å². The molecule has 1 fully saturated rings. The first-order valence-electron chi connectivity index (χ1n) is 6.12. The summed E-state index contributed by atoms with van der Waals surface area (Å²) in [6.45, 7) is 7.64. The van der Waals surface area contributed by atoms with E-state index in [9.17, 15) is 4.79 Å². The fourth-order valence-electron chi connectivity index (χ4n) is 1.97. The lowest BCUT2D eigenvalue weighted by molar-refractivity contribution is -0.137. The standard InChI is InChI=1S/C12H24N2O/c1-4-7-14(10-5-6-10)12(15)11(8-13)9(2)3/h9-11H,4-8,13H2,1-3H3. The molecule has 1 rings (SSSR count). The first kappa shape index (κ1) is 12.5. The van der Waals surface area contributed by atoms with Crippen molar-refractivity contribution < 1.29 is 4.79 Å². The summed E-state index contributed by atoms with van der Waals surface area (Å²) in [5.41, 5.74) is 5.68. The lowest BCUT2D eigenvalue weighted by Gasteiger charge is -2.28. The van der Waals surface area contributed by atoms with Gasteiger partial charge in [-0.1, -0.05) is 20.8 Å². The molecule has 0 bridgehead atoms. The summed E-state index contributed by atoms with van der Waals surface area (Å²) < 4.78 is 0. The molecule has 1 unspecified atom stereocenters. The molecule has 1 aliphatic carbocycles. The molecule has 0 radical (unpaired) electrons. The van der Waals surface area contributed by atoms with Gasteiger partial charge in [-0.2, -0.15) is 0 Å². The Balaban J connectivity index is 2.60. The summed E-state index contributed by atoms with van der Waals surface area (Å²) in [6.07, 6.45) is 3.40. The molecular formula is C12H24N2O. The van der Waals surface area contributed by atoms with Crippen molar-refractivity contribution in [1.29, 1.82) is 0 Å². The monoisotopic (exact) mass is 212 g/mol. The van der Waals surface area contributed by atoms with E-state index in [2.05, 4.69) is 25.7 Å². The Bertz CT molecular complexity index is 212. The van der Waals surface area contributed by atoms with Crippen LogP contribution in [0.3, 0.4) is 0 Å². The molecule has 0 saturated heterocycles. The quantitative estimate of drug-likeness (QED) is 0.727. The summed E-state index contributed by atoms with van der Waals surface area (Å²) in [5.74, 6) is 0.634. The lowest BCUT2D eigenvalue weighted by atomic mass is 9.94. The maximum atomic E-state index is 12.2. The van der Waals surface area contributed by atoms with Crippen molar-refractivity contribution in [3.63, 3.8) is 0 Å². The molecule has 1 aliphatic rings. The van der Waals surface area contributed by atoms with Gasteiger partial charge in [-0.15, -0.1) is 0 Å². The number of hydrogen-bond donors (Lipinski definition) is 1. The largest absolute Gasteiger partial charge is 0.339 e. The molecule has 0 aromatic rings. The predicted octanol–water partition coefficient (Wildman–Crippen LogP) is 1.62. The molecule has 0 aliphatic heterocycles. The van der Waals surface area contributed by atoms with Crippen LogP contribution < -0.4 is 5.73 Å². The van der Waals surface area contributed by atoms with Crippen LogP contribution in [0.1, 0.15) is 40.0 Å². The number of nitrogens with two attached hydrogens (primary N) is 1. The van der Waals surface area contributed by atoms with Crippen molar-refractivity contribution in [2.45, 2.75) is 46.1 Å². The van der Waals surface area contributed by atoms with Crippen LogP contribution in [-0.2, 0) is 4.79 Å². The van der Waals surface area contributed by atoms with Crippen LogP contribution in [0, 0.1) is 11.8 Å². The zero-order valence-electron chi connectivity index (χ0n) is 10.2. The summed E-state index contributed by atoms with van der Waals surface area (Å²) in [5, 5.41) is 0. The van der Waals surface area contributed by atoms with Gasteiger partial charge in [0.1, 0.15) is 0 Å². The van der Waals surface area contributed by atoms with E-state index in [0.29, 0.717) is 18.5 Å². The summed E-state index contributed by atoms with van der Waals surface area (Å²) in [4.78, 5) is 14.3. The van der Waals surface area contributed by atoms with Crippen molar-refractivity contribution >= 4 is 5.91 Å². The molecule has 1 saturated carbocycles. The van der Waals surface area contributed by atoms with Crippen molar-refractivity contribution in [2.24, 2.45) is 17.6 Å². The molecule has 1 atom stereocenters. The van der Waals surface area contributed by atoms with Crippen molar-refractivity contribution in [1.82, 2.24) is 4.90 Å². The minimum absolute atomic E-state index is 0.0112. The van der Waals surface area contributed by atoms with Crippen LogP contribution in [0.4, 0.5) is 0 Å².